The van der Waals surface area contributed by atoms with E-state index in [9.17, 15) is 61.0 Å². The lowest BCUT2D eigenvalue weighted by Crippen LogP contribution is -2.64. The molecule has 3 aromatic rings. The number of hydrogen-bond acceptors (Lipinski definition) is 19. The van der Waals surface area contributed by atoms with Crippen molar-refractivity contribution in [3.05, 3.63) is 52.9 Å². The molecule has 19 heteroatoms. The fourth-order valence-corrected chi connectivity index (χ4v) is 6.20. The van der Waals surface area contributed by atoms with Gasteiger partial charge in [0.25, 0.3) is 0 Å². The first-order chi connectivity index (χ1) is 24.7. The Labute approximate surface area is 293 Å². The summed E-state index contributed by atoms with van der Waals surface area (Å²) < 4.78 is 39.2. The Morgan fingerprint density at radius 2 is 1.23 bits per heavy atom. The van der Waals surface area contributed by atoms with Gasteiger partial charge in [0, 0.05) is 12.1 Å². The van der Waals surface area contributed by atoms with Crippen LogP contribution in [-0.2, 0) is 18.9 Å². The lowest BCUT2D eigenvalue weighted by Gasteiger charge is -2.45. The summed E-state index contributed by atoms with van der Waals surface area (Å²) in [5.41, 5.74) is -0.433. The summed E-state index contributed by atoms with van der Waals surface area (Å²) in [5.74, 6) is -0.594. The van der Waals surface area contributed by atoms with E-state index in [-0.39, 0.29) is 28.0 Å². The van der Waals surface area contributed by atoms with Gasteiger partial charge in [0.2, 0.25) is 18.0 Å². The molecule has 52 heavy (non-hydrogen) atoms. The van der Waals surface area contributed by atoms with Crippen molar-refractivity contribution in [1.29, 1.82) is 0 Å². The topological polar surface area (TPSA) is 308 Å². The van der Waals surface area contributed by atoms with E-state index in [0.717, 1.165) is 12.3 Å². The molecule has 3 fully saturated rings. The maximum atomic E-state index is 13.5. The molecule has 3 saturated heterocycles. The van der Waals surface area contributed by atoms with Crippen LogP contribution >= 0.6 is 0 Å². The van der Waals surface area contributed by atoms with Gasteiger partial charge in [-0.2, -0.15) is 0 Å². The molecule has 11 N–H and O–H groups in total. The number of hydrogen-bond donors (Lipinski definition) is 11. The fourth-order valence-electron chi connectivity index (χ4n) is 6.20. The fraction of sp³-hybridized carbons (Fsp3) is 0.545. The van der Waals surface area contributed by atoms with Crippen molar-refractivity contribution >= 4 is 11.0 Å². The second kappa shape index (κ2) is 15.5. The lowest BCUT2D eigenvalue weighted by atomic mass is 9.97. The Morgan fingerprint density at radius 1 is 0.654 bits per heavy atom. The number of aliphatic hydroxyl groups excluding tert-OH is 10. The van der Waals surface area contributed by atoms with Crippen LogP contribution in [0.1, 0.15) is 6.92 Å². The third-order valence-corrected chi connectivity index (χ3v) is 9.27. The van der Waals surface area contributed by atoms with Crippen LogP contribution < -0.4 is 14.9 Å². The van der Waals surface area contributed by atoms with E-state index in [1.54, 1.807) is 0 Å². The smallest absolute Gasteiger partial charge is 0.229 e. The number of fused-ring (bicyclic) bond motifs is 1. The van der Waals surface area contributed by atoms with Gasteiger partial charge in [-0.15, -0.1) is 0 Å². The maximum Gasteiger partial charge on any atom is 0.229 e. The highest BCUT2D eigenvalue weighted by Crippen LogP contribution is 2.34. The zero-order chi connectivity index (χ0) is 37.6. The predicted octanol–water partition coefficient (Wildman–Crippen LogP) is -3.63. The minimum Gasteiger partial charge on any atom is -0.507 e. The molecule has 0 amide bonds. The van der Waals surface area contributed by atoms with Gasteiger partial charge in [0.05, 0.1) is 24.9 Å². The number of ether oxygens (including phenoxy) is 6. The molecule has 0 bridgehead atoms. The van der Waals surface area contributed by atoms with Crippen LogP contribution in [0.25, 0.3) is 22.1 Å². The molecule has 4 heterocycles. The quantitative estimate of drug-likeness (QED) is 0.101. The zero-order valence-electron chi connectivity index (χ0n) is 27.3. The summed E-state index contributed by atoms with van der Waals surface area (Å²) in [6.07, 6.45) is -21.8. The van der Waals surface area contributed by atoms with Crippen molar-refractivity contribution in [2.75, 3.05) is 13.2 Å². The van der Waals surface area contributed by atoms with Gasteiger partial charge in [-0.25, -0.2) is 0 Å². The molecule has 0 aliphatic carbocycles. The molecule has 15 atom stereocenters. The van der Waals surface area contributed by atoms with E-state index in [2.05, 4.69) is 0 Å². The normalized spacial score (nSPS) is 38.2. The first-order valence-corrected chi connectivity index (χ1v) is 16.2. The Hall–Kier alpha value is -3.51. The molecule has 3 aliphatic heterocycles. The maximum absolute atomic E-state index is 13.5. The number of aliphatic hydroxyl groups is 10. The van der Waals surface area contributed by atoms with E-state index in [1.807, 2.05) is 0 Å². The van der Waals surface area contributed by atoms with Crippen molar-refractivity contribution in [2.24, 2.45) is 0 Å². The highest BCUT2D eigenvalue weighted by Gasteiger charge is 2.51. The largest absolute Gasteiger partial charge is 0.507 e. The zero-order valence-corrected chi connectivity index (χ0v) is 27.3. The first-order valence-electron chi connectivity index (χ1n) is 16.2. The van der Waals surface area contributed by atoms with Crippen LogP contribution in [0.2, 0.25) is 0 Å². The number of aromatic hydroxyl groups is 1. The average molecular weight is 741 g/mol. The molecule has 0 spiro atoms. The van der Waals surface area contributed by atoms with Crippen LogP contribution in [0.5, 0.6) is 17.2 Å². The number of benzene rings is 2. The lowest BCUT2D eigenvalue weighted by molar-refractivity contribution is -0.354. The van der Waals surface area contributed by atoms with Gasteiger partial charge in [0.1, 0.15) is 95.5 Å². The second-order valence-electron chi connectivity index (χ2n) is 12.7. The van der Waals surface area contributed by atoms with Crippen LogP contribution in [0, 0.1) is 0 Å². The minimum absolute atomic E-state index is 0.0178. The molecular weight excluding hydrogens is 700 g/mol. The van der Waals surface area contributed by atoms with E-state index in [4.69, 9.17) is 32.8 Å². The molecule has 286 valence electrons. The molecule has 3 aliphatic rings. The summed E-state index contributed by atoms with van der Waals surface area (Å²) in [4.78, 5) is 13.5. The Balaban J connectivity index is 1.20. The van der Waals surface area contributed by atoms with E-state index < -0.39 is 117 Å². The Bertz CT molecular complexity index is 1730. The molecule has 0 radical (unpaired) electrons. The van der Waals surface area contributed by atoms with Crippen molar-refractivity contribution in [3.63, 3.8) is 0 Å². The Morgan fingerprint density at radius 3 is 1.88 bits per heavy atom. The molecule has 1 aromatic heterocycles. The SMILES string of the molecule is C[C@H]1O[C@@H](O[C@H]2[C@H](Oc3ccc(-c4coc5cc(O[C@@H]6O[C@H](CO)[C@@H](O)[C@H](O)[C@H]6O)cc(O)c5c4=O)cc3)O[C@H](CO)[C@@H](O)[C@@H]2O)[C@H](O)[C@@H](O)[C@@H]1O. The van der Waals surface area contributed by atoms with Crippen molar-refractivity contribution in [1.82, 2.24) is 0 Å². The number of phenols is 1. The van der Waals surface area contributed by atoms with Crippen LogP contribution in [-0.4, -0.2) is 162 Å². The first kappa shape index (κ1) is 38.2. The molecular formula is C33H40O19. The summed E-state index contributed by atoms with van der Waals surface area (Å²) in [6, 6.07) is 8.03. The minimum atomic E-state index is -1.75. The van der Waals surface area contributed by atoms with Gasteiger partial charge in [-0.3, -0.25) is 4.79 Å². The standard InChI is InChI=1S/C33H40O19/c1-11-21(37)25(41)28(44)31(47-11)52-30-27(43)24(40)19(9-35)51-33(30)48-13-4-2-12(3-5-13)15-10-46-17-7-14(6-16(36)20(17)22(15)38)49-32-29(45)26(42)23(39)18(8-34)50-32/h2-7,10-11,18-19,21,23-37,39-45H,8-9H2,1H3/t11-,18-,19-,21-,23-,24-,25+,26+,27+,28-,29-,30-,31+,32-,33-/m1/s1. The van der Waals surface area contributed by atoms with Gasteiger partial charge in [0.15, 0.2) is 12.4 Å². The van der Waals surface area contributed by atoms with Crippen molar-refractivity contribution in [2.45, 2.75) is 99.0 Å². The van der Waals surface area contributed by atoms with Crippen molar-refractivity contribution < 1.29 is 89.0 Å². The monoisotopic (exact) mass is 740 g/mol. The molecule has 0 saturated carbocycles. The second-order valence-corrected chi connectivity index (χ2v) is 12.7. The summed E-state index contributed by atoms with van der Waals surface area (Å²) in [6.45, 7) is 0.0329. The molecule has 2 aromatic carbocycles. The highest BCUT2D eigenvalue weighted by molar-refractivity contribution is 5.88. The third-order valence-electron chi connectivity index (χ3n) is 9.27. The summed E-state index contributed by atoms with van der Waals surface area (Å²) in [7, 11) is 0. The summed E-state index contributed by atoms with van der Waals surface area (Å²) >= 11 is 0. The van der Waals surface area contributed by atoms with Gasteiger partial charge in [-0.1, -0.05) is 12.1 Å². The van der Waals surface area contributed by atoms with Gasteiger partial charge in [-0.05, 0) is 24.6 Å². The molecule has 19 nitrogen and oxygen atoms in total. The summed E-state index contributed by atoms with van der Waals surface area (Å²) in [5, 5.41) is 112. The van der Waals surface area contributed by atoms with E-state index >= 15 is 0 Å². The van der Waals surface area contributed by atoms with Crippen LogP contribution in [0.3, 0.4) is 0 Å². The van der Waals surface area contributed by atoms with Gasteiger partial charge >= 0.3 is 0 Å². The van der Waals surface area contributed by atoms with E-state index in [0.29, 0.717) is 5.56 Å². The van der Waals surface area contributed by atoms with Gasteiger partial charge < -0.3 is 89.0 Å². The number of phenolic OH excluding ortho intramolecular Hbond substituents is 1. The Kier molecular flexibility index (Phi) is 11.4. The third kappa shape index (κ3) is 7.21. The average Bonchev–Trinajstić information content (AvgIpc) is 3.13. The number of rotatable bonds is 9. The highest BCUT2D eigenvalue weighted by atomic mass is 16.8. The van der Waals surface area contributed by atoms with Crippen molar-refractivity contribution in [3.8, 4) is 28.4 Å². The molecule has 6 rings (SSSR count). The van der Waals surface area contributed by atoms with Crippen LogP contribution in [0.4, 0.5) is 0 Å². The van der Waals surface area contributed by atoms with Crippen LogP contribution in [0.15, 0.2) is 51.9 Å². The molecule has 0 unspecified atom stereocenters. The predicted molar refractivity (Wildman–Crippen MR) is 170 cm³/mol. The van der Waals surface area contributed by atoms with E-state index in [1.165, 1.54) is 37.3 Å².